The Morgan fingerprint density at radius 2 is 1.37 bits per heavy atom. The molecule has 0 aromatic heterocycles. The maximum Gasteiger partial charge on any atom is 0.511 e. The molecule has 2 aromatic carbocycles. The van der Waals surface area contributed by atoms with E-state index in [2.05, 4.69) is 5.32 Å². The molecular weight excluding hydrogens is 391 g/mol. The number of halogens is 5. The van der Waals surface area contributed by atoms with Crippen LogP contribution in [-0.4, -0.2) is 32.3 Å². The van der Waals surface area contributed by atoms with Gasteiger partial charge in [-0.1, -0.05) is 36.4 Å². The van der Waals surface area contributed by atoms with Gasteiger partial charge in [0, 0.05) is 31.3 Å². The van der Waals surface area contributed by atoms with Crippen molar-refractivity contribution in [1.82, 2.24) is 9.62 Å². The molecule has 0 spiro atoms. The van der Waals surface area contributed by atoms with Crippen LogP contribution in [0.1, 0.15) is 11.1 Å². The second-order valence-corrected chi connectivity index (χ2v) is 7.46. The van der Waals surface area contributed by atoms with Gasteiger partial charge < -0.3 is 5.32 Å². The monoisotopic (exact) mass is 410 g/mol. The normalized spacial score (nSPS) is 11.9. The van der Waals surface area contributed by atoms with Gasteiger partial charge in [0.1, 0.15) is 11.6 Å². The van der Waals surface area contributed by atoms with Crippen molar-refractivity contribution >= 4 is 10.0 Å². The number of nitrogens with one attached hydrogen (secondary N) is 1. The second-order valence-electron chi connectivity index (χ2n) is 5.42. The predicted molar refractivity (Wildman–Crippen MR) is 92.0 cm³/mol. The first-order valence-electron chi connectivity index (χ1n) is 7.64. The van der Waals surface area contributed by atoms with E-state index >= 15 is 0 Å². The Morgan fingerprint density at radius 3 is 1.78 bits per heavy atom. The lowest BCUT2D eigenvalue weighted by Gasteiger charge is -2.18. The fraction of sp³-hybridized carbons (Fsp3) is 0.294. The average Bonchev–Trinajstić information content (AvgIpc) is 2.59. The molecule has 0 aliphatic rings. The molecule has 0 saturated carbocycles. The third-order valence-corrected chi connectivity index (χ3v) is 4.91. The Kier molecular flexibility index (Phi) is 8.32. The Labute approximate surface area is 154 Å². The van der Waals surface area contributed by atoms with Gasteiger partial charge in [-0.05, 0) is 19.2 Å². The number of hydrogen-bond acceptors (Lipinski definition) is 3. The van der Waals surface area contributed by atoms with Crippen molar-refractivity contribution in [3.8, 4) is 0 Å². The Bertz CT molecular complexity index is 841. The molecule has 0 bridgehead atoms. The van der Waals surface area contributed by atoms with Crippen LogP contribution in [0.5, 0.6) is 0 Å². The van der Waals surface area contributed by atoms with Crippen LogP contribution >= 0.6 is 0 Å². The van der Waals surface area contributed by atoms with Gasteiger partial charge >= 0.3 is 15.5 Å². The van der Waals surface area contributed by atoms with E-state index in [9.17, 15) is 30.4 Å². The first kappa shape index (κ1) is 23.0. The molecule has 0 aliphatic heterocycles. The molecule has 0 saturated heterocycles. The van der Waals surface area contributed by atoms with E-state index in [4.69, 9.17) is 0 Å². The van der Waals surface area contributed by atoms with Crippen LogP contribution in [0, 0.1) is 11.6 Å². The number of hydrogen-bond donors (Lipinski definition) is 1. The Morgan fingerprint density at radius 1 is 0.926 bits per heavy atom. The molecule has 0 amide bonds. The molecule has 2 aromatic rings. The van der Waals surface area contributed by atoms with Crippen molar-refractivity contribution < 1.29 is 30.4 Å². The third kappa shape index (κ3) is 6.56. The largest absolute Gasteiger partial charge is 0.511 e. The first-order chi connectivity index (χ1) is 12.5. The molecule has 1 N–H and O–H groups in total. The summed E-state index contributed by atoms with van der Waals surface area (Å²) in [5, 5.41) is 2.88. The highest BCUT2D eigenvalue weighted by Crippen LogP contribution is 2.27. The molecule has 0 heterocycles. The lowest BCUT2D eigenvalue weighted by molar-refractivity contribution is -0.0484. The van der Waals surface area contributed by atoms with E-state index in [0.717, 1.165) is 13.1 Å². The maximum absolute atomic E-state index is 13.1. The van der Waals surface area contributed by atoms with E-state index in [0.29, 0.717) is 12.1 Å². The van der Waals surface area contributed by atoms with Gasteiger partial charge in [-0.15, -0.1) is 0 Å². The van der Waals surface area contributed by atoms with Crippen LogP contribution in [0.4, 0.5) is 22.0 Å². The van der Waals surface area contributed by atoms with Gasteiger partial charge in [0.05, 0.1) is 0 Å². The topological polar surface area (TPSA) is 49.4 Å². The van der Waals surface area contributed by atoms with Gasteiger partial charge in [0.25, 0.3) is 0 Å². The lowest BCUT2D eigenvalue weighted by Crippen LogP contribution is -2.37. The summed E-state index contributed by atoms with van der Waals surface area (Å²) >= 11 is 0. The smallest absolute Gasteiger partial charge is 0.316 e. The minimum Gasteiger partial charge on any atom is -0.316 e. The van der Waals surface area contributed by atoms with Crippen molar-refractivity contribution in [2.45, 2.75) is 18.6 Å². The molecule has 0 radical (unpaired) electrons. The van der Waals surface area contributed by atoms with Gasteiger partial charge in [-0.2, -0.15) is 17.5 Å². The number of nitrogens with zero attached hydrogens (tertiary/aromatic N) is 1. The van der Waals surface area contributed by atoms with E-state index in [1.165, 1.54) is 24.3 Å². The Balaban J connectivity index is 0.000000309. The van der Waals surface area contributed by atoms with Crippen molar-refractivity contribution in [2.75, 3.05) is 14.1 Å². The molecule has 0 aliphatic carbocycles. The number of rotatable bonds is 5. The SMILES string of the molecule is CN(Cc1ccccc1F)S(=O)(=O)C(F)(F)F.CNCc1ccccc1F. The summed E-state index contributed by atoms with van der Waals surface area (Å²) in [6.07, 6.45) is 0. The van der Waals surface area contributed by atoms with Gasteiger partial charge in [0.15, 0.2) is 0 Å². The number of alkyl halides is 3. The van der Waals surface area contributed by atoms with Crippen LogP contribution in [0.2, 0.25) is 0 Å². The summed E-state index contributed by atoms with van der Waals surface area (Å²) in [5.41, 5.74) is -4.79. The number of benzene rings is 2. The van der Waals surface area contributed by atoms with E-state index in [1.807, 2.05) is 6.07 Å². The predicted octanol–water partition coefficient (Wildman–Crippen LogP) is 3.65. The molecule has 27 heavy (non-hydrogen) atoms. The van der Waals surface area contributed by atoms with Crippen LogP contribution in [-0.2, 0) is 23.1 Å². The summed E-state index contributed by atoms with van der Waals surface area (Å²) < 4.78 is 84.3. The zero-order valence-electron chi connectivity index (χ0n) is 14.6. The summed E-state index contributed by atoms with van der Waals surface area (Å²) in [6, 6.07) is 11.8. The van der Waals surface area contributed by atoms with E-state index in [-0.39, 0.29) is 15.7 Å². The minimum absolute atomic E-state index is 0.0609. The molecule has 150 valence electrons. The molecule has 0 unspecified atom stereocenters. The van der Waals surface area contributed by atoms with E-state index in [1.54, 1.807) is 19.2 Å². The molecular formula is C17H19F5N2O2S. The fourth-order valence-corrected chi connectivity index (χ4v) is 2.62. The molecule has 0 fully saturated rings. The standard InChI is InChI=1S/C9H9F4NO2S.C8H10FN/c1-14(17(15,16)9(11,12)13)6-7-4-2-3-5-8(7)10;1-10-6-7-4-2-3-5-8(7)9/h2-5H,6H2,1H3;2-5,10H,6H2,1H3. The maximum atomic E-state index is 13.1. The van der Waals surface area contributed by atoms with Gasteiger partial charge in [-0.3, -0.25) is 0 Å². The van der Waals surface area contributed by atoms with Gasteiger partial charge in [-0.25, -0.2) is 17.2 Å². The molecule has 10 heteroatoms. The fourth-order valence-electron chi connectivity index (χ4n) is 1.96. The summed E-state index contributed by atoms with van der Waals surface area (Å²) in [7, 11) is -2.88. The highest BCUT2D eigenvalue weighted by Gasteiger charge is 2.48. The van der Waals surface area contributed by atoms with Crippen molar-refractivity contribution in [3.63, 3.8) is 0 Å². The second kappa shape index (κ2) is 9.77. The van der Waals surface area contributed by atoms with Crippen molar-refractivity contribution in [1.29, 1.82) is 0 Å². The van der Waals surface area contributed by atoms with Crippen LogP contribution in [0.15, 0.2) is 48.5 Å². The summed E-state index contributed by atoms with van der Waals surface area (Å²) in [6.45, 7) is -0.0822. The van der Waals surface area contributed by atoms with E-state index < -0.39 is 27.9 Å². The molecule has 2 rings (SSSR count). The first-order valence-corrected chi connectivity index (χ1v) is 9.08. The van der Waals surface area contributed by atoms with Crippen molar-refractivity contribution in [3.05, 3.63) is 71.3 Å². The summed E-state index contributed by atoms with van der Waals surface area (Å²) in [4.78, 5) is 0. The van der Waals surface area contributed by atoms with Gasteiger partial charge in [0.2, 0.25) is 0 Å². The van der Waals surface area contributed by atoms with Crippen LogP contribution in [0.25, 0.3) is 0 Å². The van der Waals surface area contributed by atoms with Crippen LogP contribution in [0.3, 0.4) is 0 Å². The third-order valence-electron chi connectivity index (χ3n) is 3.38. The highest BCUT2D eigenvalue weighted by molar-refractivity contribution is 7.89. The Hall–Kier alpha value is -2.04. The quantitative estimate of drug-likeness (QED) is 0.766. The number of sulfonamides is 1. The average molecular weight is 410 g/mol. The molecule has 4 nitrogen and oxygen atoms in total. The zero-order chi connectivity index (χ0) is 20.7. The van der Waals surface area contributed by atoms with Crippen molar-refractivity contribution in [2.24, 2.45) is 0 Å². The summed E-state index contributed by atoms with van der Waals surface area (Å²) in [5.74, 6) is -0.895. The lowest BCUT2D eigenvalue weighted by atomic mass is 10.2. The molecule has 0 atom stereocenters. The highest BCUT2D eigenvalue weighted by atomic mass is 32.2. The zero-order valence-corrected chi connectivity index (χ0v) is 15.4. The van der Waals surface area contributed by atoms with Crippen LogP contribution < -0.4 is 5.32 Å². The minimum atomic E-state index is -5.42.